The molecule has 1 atom stereocenters. The van der Waals surface area contributed by atoms with Crippen molar-refractivity contribution in [1.82, 2.24) is 15.3 Å². The van der Waals surface area contributed by atoms with Gasteiger partial charge in [0.05, 0.1) is 12.1 Å². The number of hydrogen-bond donors (Lipinski definition) is 3. The summed E-state index contributed by atoms with van der Waals surface area (Å²) in [6.07, 6.45) is -1.96. The number of aliphatic hydroxyl groups excluding tert-OH is 1. The highest BCUT2D eigenvalue weighted by Crippen LogP contribution is 2.31. The Morgan fingerprint density at radius 1 is 1.36 bits per heavy atom. The maximum Gasteiger partial charge on any atom is 0.416 e. The molecular weight excluding hydrogens is 299 g/mol. The Bertz CT molecular complexity index is 573. The number of alkyl halides is 3. The van der Waals surface area contributed by atoms with Crippen molar-refractivity contribution in [2.45, 2.75) is 18.8 Å². The van der Waals surface area contributed by atoms with E-state index in [1.54, 1.807) is 12.4 Å². The summed E-state index contributed by atoms with van der Waals surface area (Å²) < 4.78 is 42.8. The van der Waals surface area contributed by atoms with Gasteiger partial charge < -0.3 is 20.1 Å². The van der Waals surface area contributed by atoms with Crippen LogP contribution in [0.15, 0.2) is 36.7 Å². The highest BCUT2D eigenvalue weighted by atomic mass is 19.4. The van der Waals surface area contributed by atoms with E-state index in [0.29, 0.717) is 6.54 Å². The molecule has 0 saturated carbocycles. The summed E-state index contributed by atoms with van der Waals surface area (Å²) >= 11 is 0. The number of H-pyrrole nitrogens is 1. The van der Waals surface area contributed by atoms with Crippen molar-refractivity contribution in [1.29, 1.82) is 0 Å². The Labute approximate surface area is 125 Å². The van der Waals surface area contributed by atoms with Gasteiger partial charge in [-0.1, -0.05) is 6.07 Å². The van der Waals surface area contributed by atoms with Crippen LogP contribution in [0.4, 0.5) is 13.2 Å². The molecule has 0 spiro atoms. The Hall–Kier alpha value is -2.06. The summed E-state index contributed by atoms with van der Waals surface area (Å²) in [7, 11) is 0. The number of ether oxygens (including phenoxy) is 1. The molecule has 22 heavy (non-hydrogen) atoms. The van der Waals surface area contributed by atoms with E-state index < -0.39 is 17.8 Å². The molecule has 8 heteroatoms. The fraction of sp³-hybridized carbons (Fsp3) is 0.357. The molecule has 2 rings (SSSR count). The number of rotatable bonds is 7. The van der Waals surface area contributed by atoms with Gasteiger partial charge in [-0.25, -0.2) is 4.98 Å². The van der Waals surface area contributed by atoms with Crippen molar-refractivity contribution in [3.63, 3.8) is 0 Å². The minimum Gasteiger partial charge on any atom is -0.491 e. The lowest BCUT2D eigenvalue weighted by Gasteiger charge is -2.14. The van der Waals surface area contributed by atoms with Crippen LogP contribution in [0.2, 0.25) is 0 Å². The quantitative estimate of drug-likeness (QED) is 0.730. The second-order valence-electron chi connectivity index (χ2n) is 4.66. The van der Waals surface area contributed by atoms with Gasteiger partial charge in [0.25, 0.3) is 0 Å². The number of imidazole rings is 1. The van der Waals surface area contributed by atoms with Crippen molar-refractivity contribution in [2.24, 2.45) is 0 Å². The predicted octanol–water partition coefficient (Wildman–Crippen LogP) is 1.96. The monoisotopic (exact) mass is 315 g/mol. The molecule has 3 N–H and O–H groups in total. The normalized spacial score (nSPS) is 13.1. The van der Waals surface area contributed by atoms with Gasteiger partial charge in [-0.15, -0.1) is 0 Å². The first-order valence-corrected chi connectivity index (χ1v) is 6.62. The van der Waals surface area contributed by atoms with Gasteiger partial charge in [0.1, 0.15) is 24.3 Å². The highest BCUT2D eigenvalue weighted by molar-refractivity contribution is 5.30. The van der Waals surface area contributed by atoms with Gasteiger partial charge in [-0.2, -0.15) is 13.2 Å². The number of benzene rings is 1. The number of aliphatic hydroxyl groups is 1. The van der Waals surface area contributed by atoms with E-state index in [2.05, 4.69) is 15.3 Å². The third kappa shape index (κ3) is 5.05. The van der Waals surface area contributed by atoms with Crippen molar-refractivity contribution in [3.8, 4) is 5.75 Å². The zero-order valence-electron chi connectivity index (χ0n) is 11.6. The topological polar surface area (TPSA) is 70.2 Å². The van der Waals surface area contributed by atoms with Crippen LogP contribution >= 0.6 is 0 Å². The molecule has 0 saturated heterocycles. The summed E-state index contributed by atoms with van der Waals surface area (Å²) in [4.78, 5) is 6.90. The highest BCUT2D eigenvalue weighted by Gasteiger charge is 2.30. The van der Waals surface area contributed by atoms with Crippen LogP contribution in [0.25, 0.3) is 0 Å². The van der Waals surface area contributed by atoms with E-state index in [-0.39, 0.29) is 18.9 Å². The predicted molar refractivity (Wildman–Crippen MR) is 73.2 cm³/mol. The Balaban J connectivity index is 1.75. The lowest BCUT2D eigenvalue weighted by Crippen LogP contribution is -2.31. The third-order valence-electron chi connectivity index (χ3n) is 2.83. The number of nitrogens with one attached hydrogen (secondary N) is 2. The SMILES string of the molecule is OC(CNCc1ncc[nH]1)COc1cccc(C(F)(F)F)c1. The standard InChI is InChI=1S/C14H16F3N3O2/c15-14(16,17)10-2-1-3-12(6-10)22-9-11(21)7-18-8-13-19-4-5-20-13/h1-6,11,18,21H,7-9H2,(H,19,20). The number of aromatic nitrogens is 2. The first kappa shape index (κ1) is 16.3. The van der Waals surface area contributed by atoms with E-state index in [1.165, 1.54) is 12.1 Å². The number of aromatic amines is 1. The van der Waals surface area contributed by atoms with Crippen LogP contribution in [0, 0.1) is 0 Å². The molecule has 0 radical (unpaired) electrons. The van der Waals surface area contributed by atoms with Gasteiger partial charge in [0.2, 0.25) is 0 Å². The Kier molecular flexibility index (Phi) is 5.40. The Morgan fingerprint density at radius 2 is 2.18 bits per heavy atom. The second kappa shape index (κ2) is 7.28. The lowest BCUT2D eigenvalue weighted by molar-refractivity contribution is -0.137. The maximum atomic E-state index is 12.5. The van der Waals surface area contributed by atoms with Crippen molar-refractivity contribution < 1.29 is 23.0 Å². The maximum absolute atomic E-state index is 12.5. The molecule has 1 aromatic heterocycles. The van der Waals surface area contributed by atoms with Crippen LogP contribution in [-0.4, -0.2) is 34.3 Å². The average molecular weight is 315 g/mol. The van der Waals surface area contributed by atoms with Crippen LogP contribution < -0.4 is 10.1 Å². The molecule has 0 aliphatic rings. The molecular formula is C14H16F3N3O2. The molecule has 0 fully saturated rings. The fourth-order valence-corrected chi connectivity index (χ4v) is 1.77. The molecule has 5 nitrogen and oxygen atoms in total. The summed E-state index contributed by atoms with van der Waals surface area (Å²) in [5, 5.41) is 12.7. The molecule has 1 heterocycles. The van der Waals surface area contributed by atoms with Crippen molar-refractivity contribution >= 4 is 0 Å². The van der Waals surface area contributed by atoms with Crippen LogP contribution in [0.1, 0.15) is 11.4 Å². The van der Waals surface area contributed by atoms with E-state index >= 15 is 0 Å². The average Bonchev–Trinajstić information content (AvgIpc) is 2.98. The molecule has 1 aromatic carbocycles. The molecule has 0 aliphatic heterocycles. The summed E-state index contributed by atoms with van der Waals surface area (Å²) in [6, 6.07) is 4.55. The molecule has 0 amide bonds. The van der Waals surface area contributed by atoms with Crippen LogP contribution in [-0.2, 0) is 12.7 Å². The van der Waals surface area contributed by atoms with Gasteiger partial charge in [-0.3, -0.25) is 0 Å². The smallest absolute Gasteiger partial charge is 0.416 e. The van der Waals surface area contributed by atoms with Crippen LogP contribution in [0.3, 0.4) is 0 Å². The molecule has 0 aliphatic carbocycles. The number of halogens is 3. The second-order valence-corrected chi connectivity index (χ2v) is 4.66. The number of hydrogen-bond acceptors (Lipinski definition) is 4. The summed E-state index contributed by atoms with van der Waals surface area (Å²) in [6.45, 7) is 0.583. The third-order valence-corrected chi connectivity index (χ3v) is 2.83. The van der Waals surface area contributed by atoms with E-state index in [1.807, 2.05) is 0 Å². The summed E-state index contributed by atoms with van der Waals surface area (Å²) in [5.74, 6) is 0.797. The zero-order chi connectivity index (χ0) is 16.0. The van der Waals surface area contributed by atoms with Crippen LogP contribution in [0.5, 0.6) is 5.75 Å². The summed E-state index contributed by atoms with van der Waals surface area (Å²) in [5.41, 5.74) is -0.782. The van der Waals surface area contributed by atoms with Crippen molar-refractivity contribution in [3.05, 3.63) is 48.0 Å². The van der Waals surface area contributed by atoms with Gasteiger partial charge in [-0.05, 0) is 18.2 Å². The largest absolute Gasteiger partial charge is 0.491 e. The van der Waals surface area contributed by atoms with Gasteiger partial charge in [0.15, 0.2) is 0 Å². The van der Waals surface area contributed by atoms with E-state index in [9.17, 15) is 18.3 Å². The molecule has 1 unspecified atom stereocenters. The van der Waals surface area contributed by atoms with E-state index in [4.69, 9.17) is 4.74 Å². The molecule has 2 aromatic rings. The molecule has 120 valence electrons. The lowest BCUT2D eigenvalue weighted by atomic mass is 10.2. The van der Waals surface area contributed by atoms with E-state index in [0.717, 1.165) is 18.0 Å². The molecule has 0 bridgehead atoms. The van der Waals surface area contributed by atoms with Gasteiger partial charge >= 0.3 is 6.18 Å². The minimum atomic E-state index is -4.41. The Morgan fingerprint density at radius 3 is 2.86 bits per heavy atom. The first-order valence-electron chi connectivity index (χ1n) is 6.62. The number of nitrogens with zero attached hydrogens (tertiary/aromatic N) is 1. The van der Waals surface area contributed by atoms with Gasteiger partial charge in [0, 0.05) is 18.9 Å². The van der Waals surface area contributed by atoms with Crippen molar-refractivity contribution in [2.75, 3.05) is 13.2 Å². The minimum absolute atomic E-state index is 0.0694. The fourth-order valence-electron chi connectivity index (χ4n) is 1.77. The zero-order valence-corrected chi connectivity index (χ0v) is 11.6. The first-order chi connectivity index (χ1) is 10.4.